The van der Waals surface area contributed by atoms with Crippen LogP contribution < -0.4 is 11.0 Å². The molecule has 1 N–H and O–H groups in total. The summed E-state index contributed by atoms with van der Waals surface area (Å²) >= 11 is 0. The summed E-state index contributed by atoms with van der Waals surface area (Å²) in [7, 11) is 1.70. The molecule has 2 aromatic heterocycles. The predicted octanol–water partition coefficient (Wildman–Crippen LogP) is 3.14. The van der Waals surface area contributed by atoms with Gasteiger partial charge in [-0.2, -0.15) is 0 Å². The summed E-state index contributed by atoms with van der Waals surface area (Å²) in [5, 5.41) is 9.09. The molecule has 27 heavy (non-hydrogen) atoms. The smallest absolute Gasteiger partial charge is 0.312 e. The number of nitrogens with one attached hydrogen (secondary N) is 1. The van der Waals surface area contributed by atoms with Gasteiger partial charge in [-0.3, -0.25) is 0 Å². The molecular weight excluding hydrogens is 336 g/mol. The summed E-state index contributed by atoms with van der Waals surface area (Å²) in [6.07, 6.45) is 0.970. The molecule has 2 heterocycles. The number of rotatable bonds is 5. The maximum atomic E-state index is 12.7. The number of pyridine rings is 1. The molecule has 0 saturated carbocycles. The van der Waals surface area contributed by atoms with Crippen molar-refractivity contribution in [2.45, 2.75) is 26.8 Å². The number of fused-ring (bicyclic) bond motifs is 3. The normalized spacial score (nSPS) is 11.5. The monoisotopic (exact) mass is 360 g/mol. The largest absolute Gasteiger partial charge is 0.350 e. The van der Waals surface area contributed by atoms with Crippen LogP contribution in [0.15, 0.2) is 53.3 Å². The van der Waals surface area contributed by atoms with E-state index in [0.29, 0.717) is 6.54 Å². The summed E-state index contributed by atoms with van der Waals surface area (Å²) in [6.45, 7) is 5.70. The average molecular weight is 360 g/mol. The van der Waals surface area contributed by atoms with Gasteiger partial charge in [0.1, 0.15) is 0 Å². The van der Waals surface area contributed by atoms with E-state index in [0.717, 1.165) is 40.6 Å². The first-order chi connectivity index (χ1) is 13.0. The van der Waals surface area contributed by atoms with E-state index in [9.17, 15) is 4.79 Å². The topological polar surface area (TPSA) is 51.3 Å². The van der Waals surface area contributed by atoms with Gasteiger partial charge in [0.2, 0.25) is 0 Å². The van der Waals surface area contributed by atoms with Gasteiger partial charge >= 0.3 is 5.69 Å². The highest BCUT2D eigenvalue weighted by Gasteiger charge is 2.14. The Morgan fingerprint density at radius 1 is 1.07 bits per heavy atom. The minimum Gasteiger partial charge on any atom is -0.312 e. The van der Waals surface area contributed by atoms with Crippen molar-refractivity contribution in [2.24, 2.45) is 7.05 Å². The Bertz CT molecular complexity index is 1170. The lowest BCUT2D eigenvalue weighted by atomic mass is 10.0. The summed E-state index contributed by atoms with van der Waals surface area (Å²) in [6, 6.07) is 16.8. The zero-order chi connectivity index (χ0) is 19.0. The third-order valence-electron chi connectivity index (χ3n) is 5.03. The fraction of sp³-hybridized carbons (Fsp3) is 0.273. The van der Waals surface area contributed by atoms with Crippen LogP contribution >= 0.6 is 0 Å². The average Bonchev–Trinajstić information content (AvgIpc) is 2.95. The molecule has 0 spiro atoms. The first-order valence-electron chi connectivity index (χ1n) is 9.28. The van der Waals surface area contributed by atoms with Crippen LogP contribution in [0.25, 0.3) is 16.6 Å². The lowest BCUT2D eigenvalue weighted by Crippen LogP contribution is -2.20. The molecule has 0 bridgehead atoms. The van der Waals surface area contributed by atoms with Crippen molar-refractivity contribution in [1.29, 1.82) is 0 Å². The van der Waals surface area contributed by atoms with E-state index in [4.69, 9.17) is 0 Å². The summed E-state index contributed by atoms with van der Waals surface area (Å²) in [5.41, 5.74) is 6.22. The van der Waals surface area contributed by atoms with Gasteiger partial charge in [0, 0.05) is 24.5 Å². The van der Waals surface area contributed by atoms with Crippen molar-refractivity contribution in [3.63, 3.8) is 0 Å². The number of nitrogens with zero attached hydrogens (tertiary/aromatic N) is 3. The zero-order valence-corrected chi connectivity index (χ0v) is 16.0. The molecule has 0 saturated heterocycles. The van der Waals surface area contributed by atoms with Crippen LogP contribution in [-0.2, 0) is 20.0 Å². The van der Waals surface area contributed by atoms with Gasteiger partial charge in [-0.1, -0.05) is 36.4 Å². The second-order valence-electron chi connectivity index (χ2n) is 7.16. The zero-order valence-electron chi connectivity index (χ0n) is 16.0. The minimum atomic E-state index is -0.105. The number of hydrogen-bond acceptors (Lipinski definition) is 3. The van der Waals surface area contributed by atoms with E-state index in [1.165, 1.54) is 15.8 Å². The third-order valence-corrected chi connectivity index (χ3v) is 5.03. The molecule has 0 fully saturated rings. The Morgan fingerprint density at radius 2 is 1.85 bits per heavy atom. The van der Waals surface area contributed by atoms with E-state index in [1.807, 2.05) is 6.07 Å². The molecule has 138 valence electrons. The van der Waals surface area contributed by atoms with E-state index >= 15 is 0 Å². The Labute approximate surface area is 158 Å². The van der Waals surface area contributed by atoms with Crippen LogP contribution in [0.3, 0.4) is 0 Å². The van der Waals surface area contributed by atoms with E-state index < -0.39 is 0 Å². The quantitative estimate of drug-likeness (QED) is 0.556. The van der Waals surface area contributed by atoms with Crippen LogP contribution in [0.4, 0.5) is 0 Å². The Balaban J connectivity index is 1.69. The minimum absolute atomic E-state index is 0.105. The van der Waals surface area contributed by atoms with Gasteiger partial charge in [0.05, 0.1) is 5.52 Å². The molecule has 4 aromatic rings. The highest BCUT2D eigenvalue weighted by Crippen LogP contribution is 2.23. The van der Waals surface area contributed by atoms with E-state index in [1.54, 1.807) is 11.4 Å². The fourth-order valence-corrected chi connectivity index (χ4v) is 3.69. The van der Waals surface area contributed by atoms with Crippen molar-refractivity contribution < 1.29 is 0 Å². The molecule has 0 atom stereocenters. The molecule has 0 aliphatic carbocycles. The van der Waals surface area contributed by atoms with Gasteiger partial charge < -0.3 is 5.32 Å². The summed E-state index contributed by atoms with van der Waals surface area (Å²) in [5.74, 6) is 0. The van der Waals surface area contributed by atoms with E-state index in [2.05, 4.69) is 66.7 Å². The first-order valence-corrected chi connectivity index (χ1v) is 9.28. The van der Waals surface area contributed by atoms with Gasteiger partial charge in [-0.25, -0.2) is 13.9 Å². The molecule has 0 amide bonds. The Hall–Kier alpha value is -2.92. The molecule has 0 aliphatic heterocycles. The molecule has 0 unspecified atom stereocenters. The number of hydrogen-bond donors (Lipinski definition) is 1. The fourth-order valence-electron chi connectivity index (χ4n) is 3.69. The van der Waals surface area contributed by atoms with Crippen molar-refractivity contribution in [3.05, 3.63) is 81.3 Å². The van der Waals surface area contributed by atoms with Crippen LogP contribution in [0.5, 0.6) is 0 Å². The van der Waals surface area contributed by atoms with Crippen molar-refractivity contribution >= 4 is 16.6 Å². The molecule has 5 heteroatoms. The van der Waals surface area contributed by atoms with Crippen LogP contribution in [-0.4, -0.2) is 20.7 Å². The van der Waals surface area contributed by atoms with Crippen molar-refractivity contribution in [3.8, 4) is 0 Å². The molecule has 0 radical (unpaired) electrons. The van der Waals surface area contributed by atoms with Crippen LogP contribution in [0.2, 0.25) is 0 Å². The second-order valence-corrected chi connectivity index (χ2v) is 7.16. The highest BCUT2D eigenvalue weighted by molar-refractivity contribution is 5.87. The number of benzene rings is 2. The van der Waals surface area contributed by atoms with Gasteiger partial charge in [0.15, 0.2) is 5.65 Å². The summed E-state index contributed by atoms with van der Waals surface area (Å²) in [4.78, 5) is 12.7. The van der Waals surface area contributed by atoms with Crippen molar-refractivity contribution in [1.82, 2.24) is 19.5 Å². The molecular formula is C22H24N4O. The Morgan fingerprint density at radius 3 is 2.63 bits per heavy atom. The lowest BCUT2D eigenvalue weighted by molar-refractivity contribution is 0.686. The number of aromatic nitrogens is 3. The first kappa shape index (κ1) is 17.5. The SMILES string of the molecule is Cc1cc(C)c2cc(CNCCc3ccccc3)c3nn(C)c(=O)n3c2c1. The highest BCUT2D eigenvalue weighted by atomic mass is 16.2. The molecule has 2 aromatic carbocycles. The van der Waals surface area contributed by atoms with Crippen LogP contribution in [0.1, 0.15) is 22.3 Å². The van der Waals surface area contributed by atoms with Crippen molar-refractivity contribution in [2.75, 3.05) is 6.54 Å². The van der Waals surface area contributed by atoms with Gasteiger partial charge in [-0.05, 0) is 55.6 Å². The number of aryl methyl sites for hydroxylation is 3. The second kappa shape index (κ2) is 7.00. The van der Waals surface area contributed by atoms with Gasteiger partial charge in [0.25, 0.3) is 0 Å². The summed E-state index contributed by atoms with van der Waals surface area (Å²) < 4.78 is 3.16. The predicted molar refractivity (Wildman–Crippen MR) is 109 cm³/mol. The molecule has 5 nitrogen and oxygen atoms in total. The molecule has 4 rings (SSSR count). The van der Waals surface area contributed by atoms with Crippen LogP contribution in [0, 0.1) is 13.8 Å². The molecule has 0 aliphatic rings. The standard InChI is InChI=1S/C22H24N4O/c1-15-11-16(2)19-13-18(14-23-10-9-17-7-5-4-6-8-17)21-24-25(3)22(27)26(21)20(19)12-15/h4-8,11-13,23H,9-10,14H2,1-3H3. The third kappa shape index (κ3) is 3.26. The maximum Gasteiger partial charge on any atom is 0.350 e. The lowest BCUT2D eigenvalue weighted by Gasteiger charge is -2.11. The Kier molecular flexibility index (Phi) is 4.54. The van der Waals surface area contributed by atoms with Gasteiger partial charge in [-0.15, -0.1) is 5.10 Å². The van der Waals surface area contributed by atoms with E-state index in [-0.39, 0.29) is 5.69 Å². The maximum absolute atomic E-state index is 12.7.